The fraction of sp³-hybridized carbons (Fsp3) is 0.333. The minimum atomic E-state index is 0.251. The van der Waals surface area contributed by atoms with Gasteiger partial charge in [0.05, 0.1) is 5.02 Å². The van der Waals surface area contributed by atoms with E-state index in [1.54, 1.807) is 11.3 Å². The Morgan fingerprint density at radius 3 is 3.05 bits per heavy atom. The van der Waals surface area contributed by atoms with E-state index in [0.717, 1.165) is 30.8 Å². The lowest BCUT2D eigenvalue weighted by molar-refractivity contribution is 0.174. The average Bonchev–Trinajstić information content (AvgIpc) is 3.07. The average molecular weight is 310 g/mol. The number of nitrogens with one attached hydrogen (secondary N) is 1. The van der Waals surface area contributed by atoms with Gasteiger partial charge >= 0.3 is 0 Å². The topological polar surface area (TPSA) is 30.5 Å². The third kappa shape index (κ3) is 2.77. The van der Waals surface area contributed by atoms with Crippen molar-refractivity contribution in [1.82, 2.24) is 5.32 Å². The van der Waals surface area contributed by atoms with Crippen molar-refractivity contribution in [2.45, 2.75) is 26.4 Å². The molecule has 0 radical (unpaired) electrons. The molecule has 0 bridgehead atoms. The fourth-order valence-corrected chi connectivity index (χ4v) is 3.51. The molecule has 0 amide bonds. The zero-order valence-electron chi connectivity index (χ0n) is 11.2. The number of ether oxygens (including phenoxy) is 2. The highest BCUT2D eigenvalue weighted by Gasteiger charge is 2.18. The third-order valence-electron chi connectivity index (χ3n) is 3.32. The molecule has 20 heavy (non-hydrogen) atoms. The largest absolute Gasteiger partial charge is 0.454 e. The summed E-state index contributed by atoms with van der Waals surface area (Å²) in [5.74, 6) is 1.39. The van der Waals surface area contributed by atoms with Crippen LogP contribution in [0.5, 0.6) is 11.5 Å². The molecule has 0 aliphatic carbocycles. The van der Waals surface area contributed by atoms with Gasteiger partial charge in [-0.2, -0.15) is 0 Å². The predicted molar refractivity (Wildman–Crippen MR) is 81.8 cm³/mol. The van der Waals surface area contributed by atoms with Crippen molar-refractivity contribution in [1.29, 1.82) is 0 Å². The van der Waals surface area contributed by atoms with Gasteiger partial charge in [0.1, 0.15) is 0 Å². The maximum Gasteiger partial charge on any atom is 0.231 e. The summed E-state index contributed by atoms with van der Waals surface area (Å²) in [6, 6.07) is 6.10. The number of hydrogen-bond donors (Lipinski definition) is 1. The van der Waals surface area contributed by atoms with Crippen molar-refractivity contribution in [3.05, 3.63) is 44.6 Å². The van der Waals surface area contributed by atoms with Crippen molar-refractivity contribution in [2.24, 2.45) is 0 Å². The van der Waals surface area contributed by atoms with Crippen LogP contribution in [0.2, 0.25) is 5.02 Å². The Kier molecular flexibility index (Phi) is 4.15. The first-order chi connectivity index (χ1) is 9.78. The van der Waals surface area contributed by atoms with Gasteiger partial charge in [0.2, 0.25) is 6.79 Å². The molecule has 2 heterocycles. The molecule has 3 rings (SSSR count). The second-order valence-electron chi connectivity index (χ2n) is 4.64. The van der Waals surface area contributed by atoms with Gasteiger partial charge in [0.25, 0.3) is 0 Å². The van der Waals surface area contributed by atoms with Crippen LogP contribution in [0.4, 0.5) is 0 Å². The highest BCUT2D eigenvalue weighted by Crippen LogP contribution is 2.39. The maximum atomic E-state index is 6.17. The Morgan fingerprint density at radius 2 is 2.20 bits per heavy atom. The van der Waals surface area contributed by atoms with Gasteiger partial charge in [-0.15, -0.1) is 11.3 Å². The lowest BCUT2D eigenvalue weighted by Gasteiger charge is -2.07. The molecule has 0 unspecified atom stereocenters. The SMILES string of the molecule is CCc1ccsc1CNCc1cc(Cl)c2c(c1)OCO2. The summed E-state index contributed by atoms with van der Waals surface area (Å²) in [5.41, 5.74) is 2.53. The molecule has 1 aromatic heterocycles. The normalized spacial score (nSPS) is 12.9. The minimum absolute atomic E-state index is 0.251. The van der Waals surface area contributed by atoms with Crippen LogP contribution in [0.1, 0.15) is 22.9 Å². The molecule has 2 aromatic rings. The number of fused-ring (bicyclic) bond motifs is 1. The molecule has 3 nitrogen and oxygen atoms in total. The summed E-state index contributed by atoms with van der Waals surface area (Å²) in [6.45, 7) is 4.08. The second kappa shape index (κ2) is 6.04. The Hall–Kier alpha value is -1.23. The van der Waals surface area contributed by atoms with Gasteiger partial charge in [0.15, 0.2) is 11.5 Å². The van der Waals surface area contributed by atoms with Crippen LogP contribution in [0.3, 0.4) is 0 Å². The van der Waals surface area contributed by atoms with Crippen LogP contribution in [-0.2, 0) is 19.5 Å². The Morgan fingerprint density at radius 1 is 1.30 bits per heavy atom. The molecular weight excluding hydrogens is 294 g/mol. The van der Waals surface area contributed by atoms with Gasteiger partial charge in [-0.1, -0.05) is 18.5 Å². The summed E-state index contributed by atoms with van der Waals surface area (Å²) in [5, 5.41) is 6.21. The van der Waals surface area contributed by atoms with Crippen molar-refractivity contribution in [2.75, 3.05) is 6.79 Å². The zero-order chi connectivity index (χ0) is 13.9. The first kappa shape index (κ1) is 13.7. The minimum Gasteiger partial charge on any atom is -0.454 e. The molecule has 1 N–H and O–H groups in total. The van der Waals surface area contributed by atoms with E-state index in [-0.39, 0.29) is 6.79 Å². The zero-order valence-corrected chi connectivity index (χ0v) is 12.8. The van der Waals surface area contributed by atoms with Gasteiger partial charge in [-0.3, -0.25) is 0 Å². The van der Waals surface area contributed by atoms with E-state index < -0.39 is 0 Å². The fourth-order valence-electron chi connectivity index (χ4n) is 2.28. The van der Waals surface area contributed by atoms with Gasteiger partial charge in [-0.25, -0.2) is 0 Å². The Balaban J connectivity index is 1.63. The van der Waals surface area contributed by atoms with Crippen molar-refractivity contribution < 1.29 is 9.47 Å². The first-order valence-corrected chi connectivity index (χ1v) is 7.87. The number of rotatable bonds is 5. The van der Waals surface area contributed by atoms with Crippen LogP contribution in [-0.4, -0.2) is 6.79 Å². The Labute approximate surface area is 127 Å². The number of hydrogen-bond acceptors (Lipinski definition) is 4. The number of aryl methyl sites for hydroxylation is 1. The molecule has 0 spiro atoms. The molecule has 5 heteroatoms. The molecule has 0 fully saturated rings. The molecule has 1 aliphatic heterocycles. The number of thiophene rings is 1. The summed E-state index contributed by atoms with van der Waals surface area (Å²) >= 11 is 7.97. The van der Waals surface area contributed by atoms with Gasteiger partial charge in [-0.05, 0) is 41.1 Å². The summed E-state index contributed by atoms with van der Waals surface area (Å²) in [7, 11) is 0. The van der Waals surface area contributed by atoms with E-state index >= 15 is 0 Å². The smallest absolute Gasteiger partial charge is 0.231 e. The van der Waals surface area contributed by atoms with Crippen LogP contribution in [0.15, 0.2) is 23.6 Å². The molecule has 0 atom stereocenters. The van der Waals surface area contributed by atoms with E-state index in [9.17, 15) is 0 Å². The standard InChI is InChI=1S/C15H16ClNO2S/c1-2-11-3-4-20-14(11)8-17-7-10-5-12(16)15-13(6-10)18-9-19-15/h3-6,17H,2,7-9H2,1H3. The van der Waals surface area contributed by atoms with E-state index in [0.29, 0.717) is 10.8 Å². The van der Waals surface area contributed by atoms with E-state index in [1.807, 2.05) is 12.1 Å². The number of benzene rings is 1. The third-order valence-corrected chi connectivity index (χ3v) is 4.56. The number of halogens is 1. The van der Waals surface area contributed by atoms with Crippen LogP contribution in [0, 0.1) is 0 Å². The molecule has 106 valence electrons. The lowest BCUT2D eigenvalue weighted by Crippen LogP contribution is -2.12. The van der Waals surface area contributed by atoms with Crippen LogP contribution < -0.4 is 14.8 Å². The van der Waals surface area contributed by atoms with Crippen molar-refractivity contribution in [3.63, 3.8) is 0 Å². The summed E-state index contributed by atoms with van der Waals surface area (Å²) in [6.07, 6.45) is 1.08. The van der Waals surface area contributed by atoms with Crippen LogP contribution in [0.25, 0.3) is 0 Å². The van der Waals surface area contributed by atoms with Crippen LogP contribution >= 0.6 is 22.9 Å². The van der Waals surface area contributed by atoms with E-state index in [1.165, 1.54) is 10.4 Å². The predicted octanol–water partition coefficient (Wildman–Crippen LogP) is 3.98. The monoisotopic (exact) mass is 309 g/mol. The van der Waals surface area contributed by atoms with E-state index in [4.69, 9.17) is 21.1 Å². The molecule has 0 saturated heterocycles. The lowest BCUT2D eigenvalue weighted by atomic mass is 10.2. The quantitative estimate of drug-likeness (QED) is 0.906. The van der Waals surface area contributed by atoms with Gasteiger partial charge in [0, 0.05) is 18.0 Å². The highest BCUT2D eigenvalue weighted by atomic mass is 35.5. The summed E-state index contributed by atoms with van der Waals surface area (Å²) < 4.78 is 10.7. The molecular formula is C15H16ClNO2S. The maximum absolute atomic E-state index is 6.17. The van der Waals surface area contributed by atoms with Gasteiger partial charge < -0.3 is 14.8 Å². The molecule has 1 aromatic carbocycles. The second-order valence-corrected chi connectivity index (χ2v) is 6.05. The molecule has 1 aliphatic rings. The summed E-state index contributed by atoms with van der Waals surface area (Å²) in [4.78, 5) is 1.40. The first-order valence-electron chi connectivity index (χ1n) is 6.62. The Bertz CT molecular complexity index is 612. The van der Waals surface area contributed by atoms with E-state index in [2.05, 4.69) is 23.7 Å². The molecule has 0 saturated carbocycles. The van der Waals surface area contributed by atoms with Crippen molar-refractivity contribution in [3.8, 4) is 11.5 Å². The highest BCUT2D eigenvalue weighted by molar-refractivity contribution is 7.10. The van der Waals surface area contributed by atoms with Crippen molar-refractivity contribution >= 4 is 22.9 Å².